The van der Waals surface area contributed by atoms with Gasteiger partial charge in [-0.05, 0) is 18.6 Å². The van der Waals surface area contributed by atoms with Crippen molar-refractivity contribution in [3.8, 4) is 11.3 Å². The van der Waals surface area contributed by atoms with Crippen LogP contribution in [-0.4, -0.2) is 27.4 Å². The number of carbonyl (C=O) groups is 1. The molecule has 3 rings (SSSR count). The second-order valence-corrected chi connectivity index (χ2v) is 3.96. The topological polar surface area (TPSA) is 59.8 Å². The first-order valence-corrected chi connectivity index (χ1v) is 5.60. The Morgan fingerprint density at radius 1 is 1.47 bits per heavy atom. The van der Waals surface area contributed by atoms with Crippen molar-refractivity contribution >= 4 is 12.2 Å². The predicted molar refractivity (Wildman–Crippen MR) is 64.0 cm³/mol. The van der Waals surface area contributed by atoms with Gasteiger partial charge in [0.05, 0.1) is 0 Å². The van der Waals surface area contributed by atoms with Crippen LogP contribution in [0, 0.1) is 0 Å². The van der Waals surface area contributed by atoms with Gasteiger partial charge in [0.15, 0.2) is 6.29 Å². The van der Waals surface area contributed by atoms with Crippen LogP contribution >= 0.6 is 0 Å². The SMILES string of the molecule is O=Cc1c(-c2cccnc2)nc2n1CCCN2. The summed E-state index contributed by atoms with van der Waals surface area (Å²) in [7, 11) is 0. The van der Waals surface area contributed by atoms with Gasteiger partial charge in [-0.15, -0.1) is 0 Å². The number of fused-ring (bicyclic) bond motifs is 1. The Kier molecular flexibility index (Phi) is 2.36. The van der Waals surface area contributed by atoms with Crippen LogP contribution in [0.25, 0.3) is 11.3 Å². The first-order chi connectivity index (χ1) is 8.40. The summed E-state index contributed by atoms with van der Waals surface area (Å²) in [5, 5.41) is 3.20. The van der Waals surface area contributed by atoms with E-state index in [1.165, 1.54) is 0 Å². The molecule has 0 bridgehead atoms. The minimum Gasteiger partial charge on any atom is -0.356 e. The quantitative estimate of drug-likeness (QED) is 0.793. The summed E-state index contributed by atoms with van der Waals surface area (Å²) >= 11 is 0. The van der Waals surface area contributed by atoms with E-state index in [0.717, 1.165) is 37.3 Å². The number of hydrogen-bond donors (Lipinski definition) is 1. The van der Waals surface area contributed by atoms with Crippen molar-refractivity contribution in [2.45, 2.75) is 13.0 Å². The lowest BCUT2D eigenvalue weighted by Crippen LogP contribution is -2.18. The molecule has 1 aliphatic heterocycles. The Balaban J connectivity index is 2.17. The van der Waals surface area contributed by atoms with Gasteiger partial charge in [0.1, 0.15) is 11.4 Å². The van der Waals surface area contributed by atoms with Crippen molar-refractivity contribution in [2.24, 2.45) is 0 Å². The fourth-order valence-electron chi connectivity index (χ4n) is 2.10. The molecular weight excluding hydrogens is 216 g/mol. The van der Waals surface area contributed by atoms with E-state index in [1.807, 2.05) is 16.7 Å². The van der Waals surface area contributed by atoms with Crippen molar-refractivity contribution in [3.63, 3.8) is 0 Å². The lowest BCUT2D eigenvalue weighted by Gasteiger charge is -2.15. The number of rotatable bonds is 2. The predicted octanol–water partition coefficient (Wildman–Crippen LogP) is 1.57. The minimum atomic E-state index is 0.625. The van der Waals surface area contributed by atoms with Crippen LogP contribution in [0.5, 0.6) is 0 Å². The Morgan fingerprint density at radius 2 is 2.41 bits per heavy atom. The molecule has 0 radical (unpaired) electrons. The van der Waals surface area contributed by atoms with E-state index in [0.29, 0.717) is 11.4 Å². The molecule has 5 nitrogen and oxygen atoms in total. The summed E-state index contributed by atoms with van der Waals surface area (Å²) in [5.41, 5.74) is 2.20. The highest BCUT2D eigenvalue weighted by atomic mass is 16.1. The van der Waals surface area contributed by atoms with Gasteiger partial charge >= 0.3 is 0 Å². The molecule has 0 spiro atoms. The van der Waals surface area contributed by atoms with E-state index >= 15 is 0 Å². The molecule has 0 aliphatic carbocycles. The molecular formula is C12H12N4O. The maximum absolute atomic E-state index is 11.2. The third kappa shape index (κ3) is 1.60. The van der Waals surface area contributed by atoms with E-state index in [4.69, 9.17) is 0 Å². The molecule has 0 atom stereocenters. The average Bonchev–Trinajstić information content (AvgIpc) is 2.78. The Morgan fingerprint density at radius 3 is 3.18 bits per heavy atom. The van der Waals surface area contributed by atoms with Gasteiger partial charge in [-0.3, -0.25) is 9.78 Å². The van der Waals surface area contributed by atoms with Crippen LogP contribution < -0.4 is 5.32 Å². The summed E-state index contributed by atoms with van der Waals surface area (Å²) in [4.78, 5) is 19.8. The van der Waals surface area contributed by atoms with E-state index < -0.39 is 0 Å². The number of hydrogen-bond acceptors (Lipinski definition) is 4. The summed E-state index contributed by atoms with van der Waals surface area (Å²) in [6, 6.07) is 3.75. The van der Waals surface area contributed by atoms with E-state index in [9.17, 15) is 4.79 Å². The molecule has 86 valence electrons. The molecule has 0 saturated carbocycles. The molecule has 0 unspecified atom stereocenters. The van der Waals surface area contributed by atoms with Gasteiger partial charge in [0.25, 0.3) is 0 Å². The Bertz CT molecular complexity index is 547. The van der Waals surface area contributed by atoms with Crippen LogP contribution in [0.15, 0.2) is 24.5 Å². The molecule has 0 aromatic carbocycles. The number of anilines is 1. The van der Waals surface area contributed by atoms with Crippen LogP contribution in [0.2, 0.25) is 0 Å². The van der Waals surface area contributed by atoms with Crippen LogP contribution in [-0.2, 0) is 6.54 Å². The first kappa shape index (κ1) is 10.0. The molecule has 0 fully saturated rings. The van der Waals surface area contributed by atoms with Crippen LogP contribution in [0.3, 0.4) is 0 Å². The first-order valence-electron chi connectivity index (χ1n) is 5.60. The fraction of sp³-hybridized carbons (Fsp3) is 0.250. The molecule has 1 aliphatic rings. The maximum atomic E-state index is 11.2. The summed E-state index contributed by atoms with van der Waals surface area (Å²) in [5.74, 6) is 0.775. The monoisotopic (exact) mass is 228 g/mol. The van der Waals surface area contributed by atoms with Crippen molar-refractivity contribution in [1.29, 1.82) is 0 Å². The number of pyridine rings is 1. The number of imidazole rings is 1. The summed E-state index contributed by atoms with van der Waals surface area (Å²) < 4.78 is 1.93. The van der Waals surface area contributed by atoms with Gasteiger partial charge in [-0.25, -0.2) is 4.98 Å². The highest BCUT2D eigenvalue weighted by molar-refractivity contribution is 5.85. The third-order valence-corrected chi connectivity index (χ3v) is 2.90. The highest BCUT2D eigenvalue weighted by Crippen LogP contribution is 2.26. The molecule has 0 saturated heterocycles. The molecule has 2 aromatic heterocycles. The molecule has 3 heterocycles. The minimum absolute atomic E-state index is 0.625. The van der Waals surface area contributed by atoms with Gasteiger partial charge < -0.3 is 9.88 Å². The third-order valence-electron chi connectivity index (χ3n) is 2.90. The fourth-order valence-corrected chi connectivity index (χ4v) is 2.10. The lowest BCUT2D eigenvalue weighted by atomic mass is 10.2. The summed E-state index contributed by atoms with van der Waals surface area (Å²) in [6.45, 7) is 1.74. The molecule has 17 heavy (non-hydrogen) atoms. The number of nitrogens with one attached hydrogen (secondary N) is 1. The van der Waals surface area contributed by atoms with Crippen LogP contribution in [0.1, 0.15) is 16.9 Å². The van der Waals surface area contributed by atoms with E-state index in [2.05, 4.69) is 15.3 Å². The zero-order valence-corrected chi connectivity index (χ0v) is 9.26. The zero-order chi connectivity index (χ0) is 11.7. The van der Waals surface area contributed by atoms with Gasteiger partial charge in [0, 0.05) is 31.0 Å². The van der Waals surface area contributed by atoms with Crippen molar-refractivity contribution in [3.05, 3.63) is 30.2 Å². The largest absolute Gasteiger partial charge is 0.356 e. The summed E-state index contributed by atoms with van der Waals surface area (Å²) in [6.07, 6.45) is 5.31. The van der Waals surface area contributed by atoms with E-state index in [1.54, 1.807) is 12.4 Å². The average molecular weight is 228 g/mol. The smallest absolute Gasteiger partial charge is 0.203 e. The second kappa shape index (κ2) is 4.01. The van der Waals surface area contributed by atoms with Crippen molar-refractivity contribution in [1.82, 2.24) is 14.5 Å². The molecule has 2 aromatic rings. The number of aldehydes is 1. The van der Waals surface area contributed by atoms with Crippen LogP contribution in [0.4, 0.5) is 5.95 Å². The molecule has 5 heteroatoms. The molecule has 0 amide bonds. The van der Waals surface area contributed by atoms with Gasteiger partial charge in [-0.1, -0.05) is 0 Å². The maximum Gasteiger partial charge on any atom is 0.203 e. The molecule has 1 N–H and O–H groups in total. The van der Waals surface area contributed by atoms with Crippen molar-refractivity contribution in [2.75, 3.05) is 11.9 Å². The van der Waals surface area contributed by atoms with E-state index in [-0.39, 0.29) is 0 Å². The Hall–Kier alpha value is -2.17. The van der Waals surface area contributed by atoms with Crippen molar-refractivity contribution < 1.29 is 4.79 Å². The van der Waals surface area contributed by atoms with Gasteiger partial charge in [-0.2, -0.15) is 0 Å². The Labute approximate surface area is 98.5 Å². The highest BCUT2D eigenvalue weighted by Gasteiger charge is 2.19. The number of aromatic nitrogens is 3. The normalized spacial score (nSPS) is 13.9. The zero-order valence-electron chi connectivity index (χ0n) is 9.26. The standard InChI is InChI=1S/C12H12N4O/c17-8-10-11(9-3-1-4-13-7-9)15-12-14-5-2-6-16(10)12/h1,3-4,7-8H,2,5-6H2,(H,14,15). The number of carbonyl (C=O) groups excluding carboxylic acids is 1. The lowest BCUT2D eigenvalue weighted by molar-refractivity contribution is 0.111. The second-order valence-electron chi connectivity index (χ2n) is 3.96. The number of nitrogens with zero attached hydrogens (tertiary/aromatic N) is 3. The van der Waals surface area contributed by atoms with Gasteiger partial charge in [0.2, 0.25) is 5.95 Å².